The van der Waals surface area contributed by atoms with E-state index in [0.717, 1.165) is 0 Å². The summed E-state index contributed by atoms with van der Waals surface area (Å²) in [5.41, 5.74) is -3.00. The Kier molecular flexibility index (Phi) is 4.86. The van der Waals surface area contributed by atoms with Crippen LogP contribution in [0, 0.1) is 11.6 Å². The third-order valence-corrected chi connectivity index (χ3v) is 3.45. The predicted octanol–water partition coefficient (Wildman–Crippen LogP) is 2.38. The van der Waals surface area contributed by atoms with E-state index in [0.29, 0.717) is 31.4 Å². The Morgan fingerprint density at radius 1 is 1.30 bits per heavy atom. The van der Waals surface area contributed by atoms with Gasteiger partial charge in [0.2, 0.25) is 5.91 Å². The molecule has 0 unspecified atom stereocenters. The molecular formula is C14H13F5N2O2. The molecule has 2 rings (SSSR count). The van der Waals surface area contributed by atoms with Crippen LogP contribution in [0.25, 0.3) is 0 Å². The second-order valence-corrected chi connectivity index (χ2v) is 5.15. The Bertz CT molecular complexity index is 630. The molecule has 1 aromatic rings. The average molecular weight is 336 g/mol. The second-order valence-electron chi connectivity index (χ2n) is 5.15. The van der Waals surface area contributed by atoms with E-state index in [9.17, 15) is 31.5 Å². The molecule has 0 aliphatic carbocycles. The molecule has 0 bridgehead atoms. The van der Waals surface area contributed by atoms with E-state index >= 15 is 0 Å². The van der Waals surface area contributed by atoms with Gasteiger partial charge in [-0.05, 0) is 25.0 Å². The van der Waals surface area contributed by atoms with Crippen LogP contribution < -0.4 is 10.6 Å². The largest absolute Gasteiger partial charge is 0.422 e. The first-order chi connectivity index (χ1) is 10.7. The number of rotatable bonds is 3. The standard InChI is InChI=1S/C14H13F5N2O2/c15-9-5-4-8(12(16)11(9)14(17,18)19)13(23)20-6-7-2-1-3-10(22)21-7/h4-5,7H,1-3,6H2,(H,20,23)(H,21,22)/t7-/m1/s1. The minimum Gasteiger partial charge on any atom is -0.352 e. The van der Waals surface area contributed by atoms with Crippen LogP contribution in [-0.4, -0.2) is 24.4 Å². The van der Waals surface area contributed by atoms with Gasteiger partial charge in [-0.1, -0.05) is 0 Å². The van der Waals surface area contributed by atoms with Crippen molar-refractivity contribution in [2.75, 3.05) is 6.54 Å². The van der Waals surface area contributed by atoms with Crippen molar-refractivity contribution in [3.05, 3.63) is 34.9 Å². The fourth-order valence-electron chi connectivity index (χ4n) is 2.33. The number of benzene rings is 1. The number of carbonyl (C=O) groups excluding carboxylic acids is 2. The smallest absolute Gasteiger partial charge is 0.352 e. The molecule has 1 atom stereocenters. The maximum atomic E-state index is 13.8. The van der Waals surface area contributed by atoms with E-state index in [-0.39, 0.29) is 18.5 Å². The molecule has 0 saturated carbocycles. The number of hydrogen-bond donors (Lipinski definition) is 2. The van der Waals surface area contributed by atoms with E-state index < -0.39 is 34.8 Å². The van der Waals surface area contributed by atoms with Gasteiger partial charge in [-0.2, -0.15) is 13.2 Å². The lowest BCUT2D eigenvalue weighted by atomic mass is 10.0. The van der Waals surface area contributed by atoms with Crippen LogP contribution in [0.5, 0.6) is 0 Å². The minimum absolute atomic E-state index is 0.0528. The normalized spacial score (nSPS) is 18.5. The van der Waals surface area contributed by atoms with Crippen LogP contribution in [0.2, 0.25) is 0 Å². The highest BCUT2D eigenvalue weighted by Gasteiger charge is 2.39. The number of amides is 2. The molecular weight excluding hydrogens is 323 g/mol. The van der Waals surface area contributed by atoms with Crippen LogP contribution in [0.3, 0.4) is 0 Å². The first kappa shape index (κ1) is 17.2. The number of nitrogens with one attached hydrogen (secondary N) is 2. The summed E-state index contributed by atoms with van der Waals surface area (Å²) in [6.45, 7) is -0.0528. The van der Waals surface area contributed by atoms with Gasteiger partial charge in [0.1, 0.15) is 11.4 Å². The zero-order valence-corrected chi connectivity index (χ0v) is 11.8. The van der Waals surface area contributed by atoms with Crippen molar-refractivity contribution in [2.45, 2.75) is 31.5 Å². The molecule has 126 valence electrons. The summed E-state index contributed by atoms with van der Waals surface area (Å²) in [5.74, 6) is -5.04. The molecule has 2 amide bonds. The van der Waals surface area contributed by atoms with Crippen LogP contribution in [-0.2, 0) is 11.0 Å². The van der Waals surface area contributed by atoms with Crippen LogP contribution in [0.4, 0.5) is 22.0 Å². The molecule has 4 nitrogen and oxygen atoms in total. The first-order valence-corrected chi connectivity index (χ1v) is 6.83. The van der Waals surface area contributed by atoms with Crippen molar-refractivity contribution < 1.29 is 31.5 Å². The lowest BCUT2D eigenvalue weighted by Gasteiger charge is -2.23. The van der Waals surface area contributed by atoms with E-state index in [4.69, 9.17) is 0 Å². The number of hydrogen-bond acceptors (Lipinski definition) is 2. The summed E-state index contributed by atoms with van der Waals surface area (Å²) in [5, 5.41) is 4.84. The van der Waals surface area contributed by atoms with Gasteiger partial charge in [-0.25, -0.2) is 8.78 Å². The van der Waals surface area contributed by atoms with Crippen molar-refractivity contribution >= 4 is 11.8 Å². The zero-order valence-electron chi connectivity index (χ0n) is 11.8. The molecule has 1 heterocycles. The van der Waals surface area contributed by atoms with Gasteiger partial charge in [-0.15, -0.1) is 0 Å². The van der Waals surface area contributed by atoms with Gasteiger partial charge in [0.05, 0.1) is 5.56 Å². The zero-order chi connectivity index (χ0) is 17.2. The highest BCUT2D eigenvalue weighted by molar-refractivity contribution is 5.94. The Hall–Kier alpha value is -2.19. The highest BCUT2D eigenvalue weighted by atomic mass is 19.4. The van der Waals surface area contributed by atoms with E-state index in [2.05, 4.69) is 10.6 Å². The highest BCUT2D eigenvalue weighted by Crippen LogP contribution is 2.34. The van der Waals surface area contributed by atoms with Crippen molar-refractivity contribution in [3.63, 3.8) is 0 Å². The fourth-order valence-corrected chi connectivity index (χ4v) is 2.33. The van der Waals surface area contributed by atoms with Gasteiger partial charge in [0.25, 0.3) is 5.91 Å². The molecule has 1 saturated heterocycles. The SMILES string of the molecule is O=C1CCC[C@H](CNC(=O)c2ccc(F)c(C(F)(F)F)c2F)N1. The number of alkyl halides is 3. The Balaban J connectivity index is 2.12. The maximum absolute atomic E-state index is 13.8. The summed E-state index contributed by atoms with van der Waals surface area (Å²) in [7, 11) is 0. The van der Waals surface area contributed by atoms with Crippen molar-refractivity contribution in [2.24, 2.45) is 0 Å². The third kappa shape index (κ3) is 3.96. The van der Waals surface area contributed by atoms with E-state index in [1.54, 1.807) is 0 Å². The molecule has 1 aliphatic heterocycles. The lowest BCUT2D eigenvalue weighted by Crippen LogP contribution is -2.46. The molecule has 23 heavy (non-hydrogen) atoms. The van der Waals surface area contributed by atoms with Crippen molar-refractivity contribution in [3.8, 4) is 0 Å². The monoisotopic (exact) mass is 336 g/mol. The van der Waals surface area contributed by atoms with Crippen LogP contribution >= 0.6 is 0 Å². The molecule has 2 N–H and O–H groups in total. The lowest BCUT2D eigenvalue weighted by molar-refractivity contribution is -0.142. The van der Waals surface area contributed by atoms with Crippen LogP contribution in [0.15, 0.2) is 12.1 Å². The number of piperidine rings is 1. The van der Waals surface area contributed by atoms with Crippen molar-refractivity contribution in [1.29, 1.82) is 0 Å². The number of carbonyl (C=O) groups is 2. The van der Waals surface area contributed by atoms with Gasteiger partial charge in [0, 0.05) is 19.0 Å². The van der Waals surface area contributed by atoms with Crippen molar-refractivity contribution in [1.82, 2.24) is 10.6 Å². The maximum Gasteiger partial charge on any atom is 0.422 e. The van der Waals surface area contributed by atoms with Gasteiger partial charge in [-0.3, -0.25) is 9.59 Å². The molecule has 1 fully saturated rings. The Morgan fingerprint density at radius 2 is 2.00 bits per heavy atom. The predicted molar refractivity (Wildman–Crippen MR) is 69.5 cm³/mol. The first-order valence-electron chi connectivity index (χ1n) is 6.83. The van der Waals surface area contributed by atoms with E-state index in [1.165, 1.54) is 0 Å². The fraction of sp³-hybridized carbons (Fsp3) is 0.429. The molecule has 0 aromatic heterocycles. The summed E-state index contributed by atoms with van der Waals surface area (Å²) >= 11 is 0. The quantitative estimate of drug-likeness (QED) is 0.833. The Labute approximate surface area is 128 Å². The minimum atomic E-state index is -5.25. The second kappa shape index (κ2) is 6.51. The van der Waals surface area contributed by atoms with E-state index in [1.807, 2.05) is 0 Å². The summed E-state index contributed by atoms with van der Waals surface area (Å²) in [6, 6.07) is 0.670. The average Bonchev–Trinajstić information content (AvgIpc) is 2.43. The molecule has 0 spiro atoms. The van der Waals surface area contributed by atoms with Crippen LogP contribution in [0.1, 0.15) is 35.2 Å². The molecule has 9 heteroatoms. The topological polar surface area (TPSA) is 58.2 Å². The summed E-state index contributed by atoms with van der Waals surface area (Å²) < 4.78 is 64.8. The Morgan fingerprint density at radius 3 is 2.61 bits per heavy atom. The molecule has 0 radical (unpaired) electrons. The summed E-state index contributed by atoms with van der Waals surface area (Å²) in [6.07, 6.45) is -3.67. The number of halogens is 5. The molecule has 1 aliphatic rings. The summed E-state index contributed by atoms with van der Waals surface area (Å²) in [4.78, 5) is 23.0. The molecule has 1 aromatic carbocycles. The van der Waals surface area contributed by atoms with Gasteiger partial charge in [0.15, 0.2) is 5.82 Å². The third-order valence-electron chi connectivity index (χ3n) is 3.45. The van der Waals surface area contributed by atoms with Gasteiger partial charge >= 0.3 is 6.18 Å². The van der Waals surface area contributed by atoms with Gasteiger partial charge < -0.3 is 10.6 Å².